The summed E-state index contributed by atoms with van der Waals surface area (Å²) < 4.78 is 0. The van der Waals surface area contributed by atoms with E-state index in [4.69, 9.17) is 0 Å². The predicted octanol–water partition coefficient (Wildman–Crippen LogP) is 8.01. The average Bonchev–Trinajstić information content (AvgIpc) is 2.70. The molecule has 0 aromatic heterocycles. The number of aliphatic carboxylic acids is 1. The van der Waals surface area contributed by atoms with Crippen molar-refractivity contribution in [3.05, 3.63) is 48.0 Å². The molecular weight excluding hydrogens is 364 g/mol. The summed E-state index contributed by atoms with van der Waals surface area (Å²) in [4.78, 5) is 11.4. The number of thioether (sulfide) groups is 1. The molecule has 154 valence electrons. The lowest BCUT2D eigenvalue weighted by Gasteiger charge is -2.17. The van der Waals surface area contributed by atoms with E-state index in [2.05, 4.69) is 31.2 Å². The van der Waals surface area contributed by atoms with Gasteiger partial charge in [0.15, 0.2) is 0 Å². The standard InChI is InChI=1S/C25H36O2S/c1-2-3-4-5-6-7-8-9-10-13-19-28-24(20-25(26)27)23-18-14-16-21-15-11-12-17-22(21)23/h11-12,14-18,24H,2-10,13,19-20H2,1H3,(H,26,27). The summed E-state index contributed by atoms with van der Waals surface area (Å²) >= 11 is 1.81. The van der Waals surface area contributed by atoms with Crippen LogP contribution in [0.5, 0.6) is 0 Å². The molecule has 2 aromatic rings. The van der Waals surface area contributed by atoms with E-state index in [9.17, 15) is 9.90 Å². The molecule has 2 nitrogen and oxygen atoms in total. The summed E-state index contributed by atoms with van der Waals surface area (Å²) in [5.41, 5.74) is 1.16. The van der Waals surface area contributed by atoms with Crippen molar-refractivity contribution < 1.29 is 9.90 Å². The molecular formula is C25H36O2S. The second-order valence-electron chi connectivity index (χ2n) is 7.71. The van der Waals surface area contributed by atoms with Gasteiger partial charge in [-0.1, -0.05) is 107 Å². The maximum atomic E-state index is 11.4. The number of carbonyl (C=O) groups is 1. The molecule has 28 heavy (non-hydrogen) atoms. The average molecular weight is 401 g/mol. The third-order valence-electron chi connectivity index (χ3n) is 5.35. The summed E-state index contributed by atoms with van der Waals surface area (Å²) in [6.07, 6.45) is 13.5. The summed E-state index contributed by atoms with van der Waals surface area (Å²) in [7, 11) is 0. The Balaban J connectivity index is 1.74. The molecule has 0 bridgehead atoms. The van der Waals surface area contributed by atoms with Gasteiger partial charge in [0.25, 0.3) is 0 Å². The van der Waals surface area contributed by atoms with Gasteiger partial charge in [-0.25, -0.2) is 0 Å². The Labute approximate surface area is 175 Å². The molecule has 0 radical (unpaired) electrons. The maximum absolute atomic E-state index is 11.4. The highest BCUT2D eigenvalue weighted by Crippen LogP contribution is 2.37. The molecule has 0 saturated carbocycles. The lowest BCUT2D eigenvalue weighted by atomic mass is 10.0. The molecule has 1 atom stereocenters. The fourth-order valence-corrected chi connectivity index (χ4v) is 5.06. The zero-order valence-corrected chi connectivity index (χ0v) is 18.2. The molecule has 0 spiro atoms. The molecule has 2 rings (SSSR count). The van der Waals surface area contributed by atoms with Crippen LogP contribution in [0.4, 0.5) is 0 Å². The van der Waals surface area contributed by atoms with Crippen molar-refractivity contribution in [1.82, 2.24) is 0 Å². The van der Waals surface area contributed by atoms with Crippen molar-refractivity contribution in [3.8, 4) is 0 Å². The second-order valence-corrected chi connectivity index (χ2v) is 9.02. The van der Waals surface area contributed by atoms with Crippen LogP contribution < -0.4 is 0 Å². The molecule has 0 aliphatic heterocycles. The van der Waals surface area contributed by atoms with E-state index >= 15 is 0 Å². The van der Waals surface area contributed by atoms with Crippen LogP contribution in [0.25, 0.3) is 10.8 Å². The first-order valence-corrected chi connectivity index (χ1v) is 12.1. The van der Waals surface area contributed by atoms with Crippen LogP contribution in [0, 0.1) is 0 Å². The SMILES string of the molecule is CCCCCCCCCCCCSC(CC(=O)O)c1cccc2ccccc12. The summed E-state index contributed by atoms with van der Waals surface area (Å²) in [5.74, 6) is 0.325. The van der Waals surface area contributed by atoms with Gasteiger partial charge in [0.2, 0.25) is 0 Å². The minimum Gasteiger partial charge on any atom is -0.481 e. The number of carboxylic acids is 1. The van der Waals surface area contributed by atoms with Gasteiger partial charge < -0.3 is 5.11 Å². The van der Waals surface area contributed by atoms with Crippen LogP contribution >= 0.6 is 11.8 Å². The van der Waals surface area contributed by atoms with Gasteiger partial charge in [-0.05, 0) is 28.5 Å². The highest BCUT2D eigenvalue weighted by Gasteiger charge is 2.18. The van der Waals surface area contributed by atoms with Crippen LogP contribution in [0.1, 0.15) is 88.4 Å². The van der Waals surface area contributed by atoms with E-state index in [1.54, 1.807) is 0 Å². The highest BCUT2D eigenvalue weighted by molar-refractivity contribution is 7.99. The molecule has 0 amide bonds. The molecule has 0 fully saturated rings. The Morgan fingerprint density at radius 1 is 0.857 bits per heavy atom. The Morgan fingerprint density at radius 3 is 2.14 bits per heavy atom. The summed E-state index contributed by atoms with van der Waals surface area (Å²) in [6.45, 7) is 2.26. The quantitative estimate of drug-likeness (QED) is 0.308. The minimum atomic E-state index is -0.714. The van der Waals surface area contributed by atoms with Crippen molar-refractivity contribution >= 4 is 28.5 Å². The van der Waals surface area contributed by atoms with Crippen LogP contribution in [0.2, 0.25) is 0 Å². The Morgan fingerprint density at radius 2 is 1.46 bits per heavy atom. The first-order chi connectivity index (χ1) is 13.7. The zero-order chi connectivity index (χ0) is 20.0. The van der Waals surface area contributed by atoms with Gasteiger partial charge in [0, 0.05) is 5.25 Å². The van der Waals surface area contributed by atoms with Crippen molar-refractivity contribution in [2.75, 3.05) is 5.75 Å². The number of benzene rings is 2. The first kappa shape index (κ1) is 22.8. The molecule has 0 aliphatic rings. The van der Waals surface area contributed by atoms with E-state index in [0.717, 1.165) is 11.3 Å². The van der Waals surface area contributed by atoms with Crippen LogP contribution in [-0.2, 0) is 4.79 Å². The summed E-state index contributed by atoms with van der Waals surface area (Å²) in [5, 5.41) is 11.8. The van der Waals surface area contributed by atoms with Gasteiger partial charge in [-0.2, -0.15) is 11.8 Å². The molecule has 2 aromatic carbocycles. The van der Waals surface area contributed by atoms with Crippen LogP contribution in [0.15, 0.2) is 42.5 Å². The molecule has 0 saturated heterocycles. The fraction of sp³-hybridized carbons (Fsp3) is 0.560. The fourth-order valence-electron chi connectivity index (χ4n) is 3.76. The van der Waals surface area contributed by atoms with Gasteiger partial charge in [0.1, 0.15) is 0 Å². The van der Waals surface area contributed by atoms with E-state index in [1.165, 1.54) is 75.0 Å². The first-order valence-electron chi connectivity index (χ1n) is 11.0. The van der Waals surface area contributed by atoms with Gasteiger partial charge in [0.05, 0.1) is 6.42 Å². The minimum absolute atomic E-state index is 0.0298. The van der Waals surface area contributed by atoms with Crippen molar-refractivity contribution in [2.24, 2.45) is 0 Å². The number of carboxylic acid groups (broad SMARTS) is 1. The maximum Gasteiger partial charge on any atom is 0.304 e. The van der Waals surface area contributed by atoms with Gasteiger partial charge in [-0.3, -0.25) is 4.79 Å². The van der Waals surface area contributed by atoms with E-state index in [1.807, 2.05) is 30.0 Å². The third kappa shape index (κ3) is 8.26. The largest absolute Gasteiger partial charge is 0.481 e. The Hall–Kier alpha value is -1.48. The number of rotatable bonds is 15. The number of hydrogen-bond donors (Lipinski definition) is 1. The number of hydrogen-bond acceptors (Lipinski definition) is 2. The molecule has 1 N–H and O–H groups in total. The Kier molecular flexibility index (Phi) is 11.1. The smallest absolute Gasteiger partial charge is 0.304 e. The zero-order valence-electron chi connectivity index (χ0n) is 17.4. The van der Waals surface area contributed by atoms with E-state index in [0.29, 0.717) is 0 Å². The van der Waals surface area contributed by atoms with E-state index < -0.39 is 5.97 Å². The normalized spacial score (nSPS) is 12.3. The Bertz CT molecular complexity index is 693. The summed E-state index contributed by atoms with van der Waals surface area (Å²) in [6, 6.07) is 14.5. The van der Waals surface area contributed by atoms with Gasteiger partial charge >= 0.3 is 5.97 Å². The lowest BCUT2D eigenvalue weighted by Crippen LogP contribution is -2.05. The van der Waals surface area contributed by atoms with Crippen LogP contribution in [0.3, 0.4) is 0 Å². The molecule has 1 unspecified atom stereocenters. The highest BCUT2D eigenvalue weighted by atomic mass is 32.2. The third-order valence-corrected chi connectivity index (χ3v) is 6.69. The monoisotopic (exact) mass is 400 g/mol. The van der Waals surface area contributed by atoms with Gasteiger partial charge in [-0.15, -0.1) is 0 Å². The van der Waals surface area contributed by atoms with E-state index in [-0.39, 0.29) is 11.7 Å². The van der Waals surface area contributed by atoms with Crippen molar-refractivity contribution in [1.29, 1.82) is 0 Å². The number of fused-ring (bicyclic) bond motifs is 1. The number of unbranched alkanes of at least 4 members (excludes halogenated alkanes) is 9. The predicted molar refractivity (Wildman–Crippen MR) is 123 cm³/mol. The second kappa shape index (κ2) is 13.7. The molecule has 0 aliphatic carbocycles. The lowest BCUT2D eigenvalue weighted by molar-refractivity contribution is -0.137. The van der Waals surface area contributed by atoms with Crippen molar-refractivity contribution in [3.63, 3.8) is 0 Å². The molecule has 0 heterocycles. The van der Waals surface area contributed by atoms with Crippen molar-refractivity contribution in [2.45, 2.75) is 82.8 Å². The topological polar surface area (TPSA) is 37.3 Å². The molecule has 3 heteroatoms. The van der Waals surface area contributed by atoms with Crippen LogP contribution in [-0.4, -0.2) is 16.8 Å².